The predicted molar refractivity (Wildman–Crippen MR) is 101 cm³/mol. The number of anilines is 1. The van der Waals surface area contributed by atoms with Crippen LogP contribution in [-0.2, 0) is 9.59 Å². The van der Waals surface area contributed by atoms with Gasteiger partial charge in [-0.15, -0.1) is 0 Å². The monoisotopic (exact) mass is 390 g/mol. The van der Waals surface area contributed by atoms with Crippen molar-refractivity contribution in [3.05, 3.63) is 64.4 Å². The maximum absolute atomic E-state index is 14.1. The molecule has 0 saturated carbocycles. The Hall–Kier alpha value is -2.77. The predicted octanol–water partition coefficient (Wildman–Crippen LogP) is 3.32. The Bertz CT molecular complexity index is 961. The molecular weight excluding hydrogens is 379 g/mol. The highest BCUT2D eigenvalue weighted by atomic mass is 35.5. The number of carbonyl (C=O) groups excluding carboxylic acids is 2. The molecule has 0 unspecified atom stereocenters. The summed E-state index contributed by atoms with van der Waals surface area (Å²) in [7, 11) is 1.48. The number of methoxy groups -OCH3 is 1. The molecule has 0 bridgehead atoms. The van der Waals surface area contributed by atoms with Gasteiger partial charge in [0, 0.05) is 0 Å². The van der Waals surface area contributed by atoms with E-state index in [4.69, 9.17) is 28.6 Å². The summed E-state index contributed by atoms with van der Waals surface area (Å²) in [5.74, 6) is -1.57. The Morgan fingerprint density at radius 3 is 2.62 bits per heavy atom. The molecule has 8 heteroatoms. The van der Waals surface area contributed by atoms with Crippen LogP contribution in [0.5, 0.6) is 5.75 Å². The van der Waals surface area contributed by atoms with Gasteiger partial charge in [0.15, 0.2) is 5.11 Å². The van der Waals surface area contributed by atoms with Crippen LogP contribution in [0.2, 0.25) is 5.02 Å². The molecule has 2 aromatic carbocycles. The first-order valence-corrected chi connectivity index (χ1v) is 8.20. The zero-order chi connectivity index (χ0) is 18.8. The third-order valence-electron chi connectivity index (χ3n) is 3.68. The minimum absolute atomic E-state index is 0.0406. The Balaban J connectivity index is 2.03. The minimum Gasteiger partial charge on any atom is -0.495 e. The first-order valence-electron chi connectivity index (χ1n) is 7.42. The van der Waals surface area contributed by atoms with E-state index in [-0.39, 0.29) is 16.4 Å². The van der Waals surface area contributed by atoms with Crippen LogP contribution in [-0.4, -0.2) is 24.0 Å². The molecule has 1 N–H and O–H groups in total. The van der Waals surface area contributed by atoms with Gasteiger partial charge < -0.3 is 4.74 Å². The molecule has 2 amide bonds. The highest BCUT2D eigenvalue weighted by Gasteiger charge is 2.35. The van der Waals surface area contributed by atoms with E-state index in [1.54, 1.807) is 24.3 Å². The number of hydrogen-bond donors (Lipinski definition) is 1. The smallest absolute Gasteiger partial charge is 0.270 e. The first kappa shape index (κ1) is 18.0. The second kappa shape index (κ2) is 7.23. The number of benzene rings is 2. The fraction of sp³-hybridized carbons (Fsp3) is 0.0556. The molecule has 1 fully saturated rings. The van der Waals surface area contributed by atoms with Crippen LogP contribution >= 0.6 is 23.8 Å². The molecule has 5 nitrogen and oxygen atoms in total. The highest BCUT2D eigenvalue weighted by molar-refractivity contribution is 7.80. The molecule has 3 rings (SSSR count). The number of halogens is 2. The van der Waals surface area contributed by atoms with E-state index in [1.165, 1.54) is 31.4 Å². The molecular formula is C18H12ClFN2O3S. The number of ether oxygens (including phenoxy) is 1. The molecule has 0 aromatic heterocycles. The van der Waals surface area contributed by atoms with E-state index in [9.17, 15) is 14.0 Å². The number of thiocarbonyl (C=S) groups is 1. The van der Waals surface area contributed by atoms with Crippen LogP contribution in [0.1, 0.15) is 5.56 Å². The largest absolute Gasteiger partial charge is 0.495 e. The number of amides is 2. The second-order valence-electron chi connectivity index (χ2n) is 5.30. The van der Waals surface area contributed by atoms with Crippen LogP contribution in [0, 0.1) is 5.82 Å². The van der Waals surface area contributed by atoms with Gasteiger partial charge in [-0.25, -0.2) is 9.29 Å². The molecule has 132 valence electrons. The normalized spacial score (nSPS) is 16.0. The molecule has 0 spiro atoms. The lowest BCUT2D eigenvalue weighted by molar-refractivity contribution is -0.122. The van der Waals surface area contributed by atoms with Crippen LogP contribution in [0.15, 0.2) is 48.0 Å². The zero-order valence-electron chi connectivity index (χ0n) is 13.5. The average molecular weight is 391 g/mol. The van der Waals surface area contributed by atoms with Crippen LogP contribution in [0.25, 0.3) is 6.08 Å². The summed E-state index contributed by atoms with van der Waals surface area (Å²) in [6, 6.07) is 10.5. The number of rotatable bonds is 3. The van der Waals surface area contributed by atoms with Gasteiger partial charge in [-0.05, 0) is 48.1 Å². The average Bonchev–Trinajstić information content (AvgIpc) is 2.60. The standard InChI is InChI=1S/C18H12ClFN2O3S/c1-25-15-7-6-10(9-12(15)19)8-11-16(23)21-18(26)22(17(11)24)14-5-3-2-4-13(14)20/h2-9H,1H3,(H,21,23,26)/b11-8-. The minimum atomic E-state index is -0.726. The summed E-state index contributed by atoms with van der Waals surface area (Å²) >= 11 is 11.1. The van der Waals surface area contributed by atoms with Crippen molar-refractivity contribution < 1.29 is 18.7 Å². The van der Waals surface area contributed by atoms with Crippen molar-refractivity contribution in [3.8, 4) is 5.75 Å². The molecule has 0 radical (unpaired) electrons. The fourth-order valence-corrected chi connectivity index (χ4v) is 2.99. The molecule has 0 aliphatic carbocycles. The molecule has 1 saturated heterocycles. The quantitative estimate of drug-likeness (QED) is 0.496. The van der Waals surface area contributed by atoms with E-state index < -0.39 is 17.6 Å². The van der Waals surface area contributed by atoms with Crippen molar-refractivity contribution in [1.82, 2.24) is 5.32 Å². The van der Waals surface area contributed by atoms with Crippen molar-refractivity contribution >= 4 is 52.5 Å². The summed E-state index contributed by atoms with van der Waals surface area (Å²) in [5, 5.41) is 2.54. The SMILES string of the molecule is COc1ccc(/C=C2/C(=O)NC(=S)N(c3ccccc3F)C2=O)cc1Cl. The van der Waals surface area contributed by atoms with Crippen LogP contribution < -0.4 is 15.0 Å². The van der Waals surface area contributed by atoms with Gasteiger partial charge in [-0.3, -0.25) is 14.9 Å². The topological polar surface area (TPSA) is 58.6 Å². The number of para-hydroxylation sites is 1. The van der Waals surface area contributed by atoms with Crippen molar-refractivity contribution in [2.24, 2.45) is 0 Å². The maximum atomic E-state index is 14.1. The number of carbonyl (C=O) groups is 2. The Labute approximate surface area is 159 Å². The van der Waals surface area contributed by atoms with Crippen molar-refractivity contribution in [3.63, 3.8) is 0 Å². The van der Waals surface area contributed by atoms with E-state index >= 15 is 0 Å². The molecule has 1 aliphatic heterocycles. The number of nitrogens with one attached hydrogen (secondary N) is 1. The number of hydrogen-bond acceptors (Lipinski definition) is 4. The summed E-state index contributed by atoms with van der Waals surface area (Å²) in [5.41, 5.74) is 0.278. The third kappa shape index (κ3) is 3.31. The van der Waals surface area contributed by atoms with Gasteiger partial charge in [-0.2, -0.15) is 0 Å². The summed E-state index contributed by atoms with van der Waals surface area (Å²) < 4.78 is 19.2. The highest BCUT2D eigenvalue weighted by Crippen LogP contribution is 2.28. The van der Waals surface area contributed by atoms with Crippen molar-refractivity contribution in [1.29, 1.82) is 0 Å². The van der Waals surface area contributed by atoms with Gasteiger partial charge in [0.25, 0.3) is 11.8 Å². The van der Waals surface area contributed by atoms with Gasteiger partial charge in [0.1, 0.15) is 17.1 Å². The molecule has 1 aliphatic rings. The van der Waals surface area contributed by atoms with Crippen molar-refractivity contribution in [2.75, 3.05) is 12.0 Å². The van der Waals surface area contributed by atoms with E-state index in [2.05, 4.69) is 5.32 Å². The van der Waals surface area contributed by atoms with E-state index in [1.807, 2.05) is 0 Å². The molecule has 0 atom stereocenters. The van der Waals surface area contributed by atoms with Gasteiger partial charge in [0.2, 0.25) is 0 Å². The maximum Gasteiger partial charge on any atom is 0.270 e. The Kier molecular flexibility index (Phi) is 5.01. The van der Waals surface area contributed by atoms with Crippen LogP contribution in [0.3, 0.4) is 0 Å². The third-order valence-corrected chi connectivity index (χ3v) is 4.26. The lowest BCUT2D eigenvalue weighted by atomic mass is 10.1. The van der Waals surface area contributed by atoms with Gasteiger partial charge in [0.05, 0.1) is 17.8 Å². The molecule has 26 heavy (non-hydrogen) atoms. The second-order valence-corrected chi connectivity index (χ2v) is 6.10. The van der Waals surface area contributed by atoms with Crippen molar-refractivity contribution in [2.45, 2.75) is 0 Å². The Morgan fingerprint density at radius 2 is 1.96 bits per heavy atom. The van der Waals surface area contributed by atoms with Gasteiger partial charge >= 0.3 is 0 Å². The van der Waals surface area contributed by atoms with Gasteiger partial charge in [-0.1, -0.05) is 29.8 Å². The zero-order valence-corrected chi connectivity index (χ0v) is 15.0. The fourth-order valence-electron chi connectivity index (χ4n) is 2.45. The lowest BCUT2D eigenvalue weighted by Gasteiger charge is -2.29. The molecule has 1 heterocycles. The summed E-state index contributed by atoms with van der Waals surface area (Å²) in [6.45, 7) is 0. The number of nitrogens with zero attached hydrogens (tertiary/aromatic N) is 1. The van der Waals surface area contributed by atoms with E-state index in [0.29, 0.717) is 16.3 Å². The lowest BCUT2D eigenvalue weighted by Crippen LogP contribution is -2.54. The van der Waals surface area contributed by atoms with Crippen LogP contribution in [0.4, 0.5) is 10.1 Å². The molecule has 2 aromatic rings. The summed E-state index contributed by atoms with van der Waals surface area (Å²) in [6.07, 6.45) is 1.36. The van der Waals surface area contributed by atoms with E-state index in [0.717, 1.165) is 4.90 Å². The summed E-state index contributed by atoms with van der Waals surface area (Å²) in [4.78, 5) is 26.0. The first-order chi connectivity index (χ1) is 12.4. The Morgan fingerprint density at radius 1 is 1.23 bits per heavy atom.